The zero-order valence-corrected chi connectivity index (χ0v) is 10.5. The highest BCUT2D eigenvalue weighted by atomic mass is 19.1. The fourth-order valence-corrected chi connectivity index (χ4v) is 2.14. The SMILES string of the molecule is Cc1cc(C)c2cc(F)cc(CCC(N)=O)c2n1. The van der Waals surface area contributed by atoms with E-state index < -0.39 is 5.91 Å². The molecule has 1 aromatic carbocycles. The predicted octanol–water partition coefficient (Wildman–Crippen LogP) is 2.41. The van der Waals surface area contributed by atoms with Crippen LogP contribution in [0.2, 0.25) is 0 Å². The Morgan fingerprint density at radius 2 is 2.06 bits per heavy atom. The summed E-state index contributed by atoms with van der Waals surface area (Å²) >= 11 is 0. The molecule has 0 bridgehead atoms. The third kappa shape index (κ3) is 2.47. The Hall–Kier alpha value is -1.97. The third-order valence-electron chi connectivity index (χ3n) is 2.93. The number of benzene rings is 1. The number of pyridine rings is 1. The van der Waals surface area contributed by atoms with Crippen molar-refractivity contribution >= 4 is 16.8 Å². The molecular formula is C14H15FN2O. The molecule has 2 aromatic rings. The van der Waals surface area contributed by atoms with Crippen molar-refractivity contribution in [1.29, 1.82) is 0 Å². The molecule has 2 rings (SSSR count). The van der Waals surface area contributed by atoms with Crippen LogP contribution in [0.3, 0.4) is 0 Å². The normalized spacial score (nSPS) is 10.8. The molecule has 0 saturated carbocycles. The Balaban J connectivity index is 2.60. The van der Waals surface area contributed by atoms with E-state index >= 15 is 0 Å². The van der Waals surface area contributed by atoms with Gasteiger partial charge < -0.3 is 5.73 Å². The summed E-state index contributed by atoms with van der Waals surface area (Å²) in [7, 11) is 0. The molecule has 0 unspecified atom stereocenters. The number of hydrogen-bond acceptors (Lipinski definition) is 2. The number of aromatic nitrogens is 1. The summed E-state index contributed by atoms with van der Waals surface area (Å²) in [5.41, 5.74) is 8.49. The molecule has 18 heavy (non-hydrogen) atoms. The molecule has 1 aromatic heterocycles. The first-order valence-electron chi connectivity index (χ1n) is 5.82. The van der Waals surface area contributed by atoms with Crippen LogP contribution in [0.5, 0.6) is 0 Å². The van der Waals surface area contributed by atoms with E-state index in [-0.39, 0.29) is 12.2 Å². The lowest BCUT2D eigenvalue weighted by molar-refractivity contribution is -0.117. The van der Waals surface area contributed by atoms with E-state index in [1.807, 2.05) is 19.9 Å². The molecule has 4 heteroatoms. The van der Waals surface area contributed by atoms with Gasteiger partial charge in [0.2, 0.25) is 5.91 Å². The van der Waals surface area contributed by atoms with Gasteiger partial charge >= 0.3 is 0 Å². The van der Waals surface area contributed by atoms with Crippen LogP contribution in [0.15, 0.2) is 18.2 Å². The van der Waals surface area contributed by atoms with Gasteiger partial charge in [-0.05, 0) is 49.6 Å². The molecule has 1 amide bonds. The summed E-state index contributed by atoms with van der Waals surface area (Å²) in [6, 6.07) is 4.82. The fourth-order valence-electron chi connectivity index (χ4n) is 2.14. The second-order valence-corrected chi connectivity index (χ2v) is 4.51. The zero-order chi connectivity index (χ0) is 13.3. The summed E-state index contributed by atoms with van der Waals surface area (Å²) in [6.07, 6.45) is 0.618. The number of primary amides is 1. The Kier molecular flexibility index (Phi) is 3.28. The minimum absolute atomic E-state index is 0.202. The maximum atomic E-state index is 13.6. The van der Waals surface area contributed by atoms with Gasteiger partial charge in [-0.1, -0.05) is 0 Å². The van der Waals surface area contributed by atoms with Crippen molar-refractivity contribution in [3.05, 3.63) is 40.8 Å². The average molecular weight is 246 g/mol. The molecule has 0 aliphatic carbocycles. The summed E-state index contributed by atoms with van der Waals surface area (Å²) in [6.45, 7) is 3.82. The number of aryl methyl sites for hydroxylation is 3. The van der Waals surface area contributed by atoms with Gasteiger partial charge in [0.1, 0.15) is 5.82 Å². The van der Waals surface area contributed by atoms with Crippen molar-refractivity contribution in [1.82, 2.24) is 4.98 Å². The molecule has 0 saturated heterocycles. The molecule has 0 aliphatic rings. The topological polar surface area (TPSA) is 56.0 Å². The molecule has 0 atom stereocenters. The van der Waals surface area contributed by atoms with E-state index in [2.05, 4.69) is 4.98 Å². The van der Waals surface area contributed by atoms with Crippen molar-refractivity contribution in [2.45, 2.75) is 26.7 Å². The number of carbonyl (C=O) groups excluding carboxylic acids is 1. The second-order valence-electron chi connectivity index (χ2n) is 4.51. The average Bonchev–Trinajstić information content (AvgIpc) is 2.27. The molecule has 2 N–H and O–H groups in total. The molecule has 0 aliphatic heterocycles. The van der Waals surface area contributed by atoms with E-state index in [4.69, 9.17) is 5.73 Å². The van der Waals surface area contributed by atoms with Crippen LogP contribution in [0.25, 0.3) is 10.9 Å². The van der Waals surface area contributed by atoms with Gasteiger partial charge in [0.05, 0.1) is 5.52 Å². The van der Waals surface area contributed by atoms with Crippen molar-refractivity contribution in [3.63, 3.8) is 0 Å². The maximum absolute atomic E-state index is 13.6. The van der Waals surface area contributed by atoms with Crippen LogP contribution in [-0.4, -0.2) is 10.9 Å². The van der Waals surface area contributed by atoms with Gasteiger partial charge in [0.25, 0.3) is 0 Å². The highest BCUT2D eigenvalue weighted by Crippen LogP contribution is 2.23. The molecule has 3 nitrogen and oxygen atoms in total. The van der Waals surface area contributed by atoms with Crippen molar-refractivity contribution < 1.29 is 9.18 Å². The van der Waals surface area contributed by atoms with E-state index in [1.54, 1.807) is 0 Å². The zero-order valence-electron chi connectivity index (χ0n) is 10.5. The smallest absolute Gasteiger partial charge is 0.217 e. The van der Waals surface area contributed by atoms with Crippen LogP contribution in [-0.2, 0) is 11.2 Å². The number of halogens is 1. The predicted molar refractivity (Wildman–Crippen MR) is 68.7 cm³/mol. The van der Waals surface area contributed by atoms with Gasteiger partial charge in [-0.15, -0.1) is 0 Å². The summed E-state index contributed by atoms with van der Waals surface area (Å²) in [5, 5.41) is 0.792. The van der Waals surface area contributed by atoms with Gasteiger partial charge in [0, 0.05) is 17.5 Å². The van der Waals surface area contributed by atoms with Gasteiger partial charge in [-0.2, -0.15) is 0 Å². The van der Waals surface area contributed by atoms with Crippen molar-refractivity contribution in [3.8, 4) is 0 Å². The molecule has 1 heterocycles. The number of nitrogens with two attached hydrogens (primary N) is 1. The first kappa shape index (κ1) is 12.5. The quantitative estimate of drug-likeness (QED) is 0.904. The number of amides is 1. The highest BCUT2D eigenvalue weighted by molar-refractivity contribution is 5.85. The Bertz CT molecular complexity index is 623. The molecule has 94 valence electrons. The summed E-state index contributed by atoms with van der Waals surface area (Å²) < 4.78 is 13.6. The van der Waals surface area contributed by atoms with Crippen LogP contribution < -0.4 is 5.73 Å². The van der Waals surface area contributed by atoms with E-state index in [1.165, 1.54) is 12.1 Å². The number of fused-ring (bicyclic) bond motifs is 1. The van der Waals surface area contributed by atoms with E-state index in [0.29, 0.717) is 6.42 Å². The highest BCUT2D eigenvalue weighted by Gasteiger charge is 2.09. The molecular weight excluding hydrogens is 231 g/mol. The Labute approximate surface area is 105 Å². The number of hydrogen-bond donors (Lipinski definition) is 1. The second kappa shape index (κ2) is 4.72. The summed E-state index contributed by atoms with van der Waals surface area (Å²) in [4.78, 5) is 15.3. The molecule has 0 fully saturated rings. The van der Waals surface area contributed by atoms with Crippen LogP contribution in [0.4, 0.5) is 4.39 Å². The number of rotatable bonds is 3. The summed E-state index contributed by atoms with van der Waals surface area (Å²) in [5.74, 6) is -0.701. The minimum atomic E-state index is -0.392. The molecule has 0 spiro atoms. The Morgan fingerprint density at radius 3 is 2.72 bits per heavy atom. The van der Waals surface area contributed by atoms with Gasteiger partial charge in [-0.3, -0.25) is 9.78 Å². The number of nitrogens with zero attached hydrogens (tertiary/aromatic N) is 1. The Morgan fingerprint density at radius 1 is 1.33 bits per heavy atom. The standard InChI is InChI=1S/C14H15FN2O/c1-8-5-9(2)17-14-10(3-4-13(16)18)6-11(15)7-12(8)14/h5-7H,3-4H2,1-2H3,(H2,16,18). The molecule has 0 radical (unpaired) electrons. The van der Waals surface area contributed by atoms with Crippen LogP contribution in [0.1, 0.15) is 23.2 Å². The van der Waals surface area contributed by atoms with Gasteiger partial charge in [0.15, 0.2) is 0 Å². The van der Waals surface area contributed by atoms with E-state index in [9.17, 15) is 9.18 Å². The van der Waals surface area contributed by atoms with Crippen molar-refractivity contribution in [2.24, 2.45) is 5.73 Å². The van der Waals surface area contributed by atoms with Crippen LogP contribution >= 0.6 is 0 Å². The first-order valence-corrected chi connectivity index (χ1v) is 5.82. The minimum Gasteiger partial charge on any atom is -0.370 e. The first-order chi connectivity index (χ1) is 8.47. The third-order valence-corrected chi connectivity index (χ3v) is 2.93. The van der Waals surface area contributed by atoms with E-state index in [0.717, 1.165) is 27.7 Å². The van der Waals surface area contributed by atoms with Crippen LogP contribution in [0, 0.1) is 19.7 Å². The van der Waals surface area contributed by atoms with Gasteiger partial charge in [-0.25, -0.2) is 4.39 Å². The lowest BCUT2D eigenvalue weighted by Gasteiger charge is -2.09. The number of carbonyl (C=O) groups is 1. The maximum Gasteiger partial charge on any atom is 0.217 e. The fraction of sp³-hybridized carbons (Fsp3) is 0.286. The monoisotopic (exact) mass is 246 g/mol. The lowest BCUT2D eigenvalue weighted by atomic mass is 10.0. The lowest BCUT2D eigenvalue weighted by Crippen LogP contribution is -2.11. The largest absolute Gasteiger partial charge is 0.370 e. The van der Waals surface area contributed by atoms with Crippen molar-refractivity contribution in [2.75, 3.05) is 0 Å².